The summed E-state index contributed by atoms with van der Waals surface area (Å²) in [6.45, 7) is 2.08. The van der Waals surface area contributed by atoms with Crippen molar-refractivity contribution in [1.29, 1.82) is 0 Å². The minimum atomic E-state index is 0.221. The predicted octanol–water partition coefficient (Wildman–Crippen LogP) is 2.31. The molecule has 1 N–H and O–H groups in total. The third kappa shape index (κ3) is 2.15. The molecule has 1 heterocycles. The summed E-state index contributed by atoms with van der Waals surface area (Å²) in [5.41, 5.74) is 2.06. The van der Waals surface area contributed by atoms with Gasteiger partial charge in [-0.1, -0.05) is 21.1 Å². The first-order valence-electron chi connectivity index (χ1n) is 5.06. The zero-order valence-corrected chi connectivity index (χ0v) is 10.8. The fraction of sp³-hybridized carbons (Fsp3) is 0.273. The largest absolute Gasteiger partial charge is 0.312 e. The molecular weight excluding hydrogens is 268 g/mol. The molecule has 4 nitrogen and oxygen atoms in total. The van der Waals surface area contributed by atoms with Gasteiger partial charge in [0.2, 0.25) is 0 Å². The molecule has 1 atom stereocenters. The lowest BCUT2D eigenvalue weighted by Gasteiger charge is -2.11. The average molecular weight is 281 g/mol. The Morgan fingerprint density at radius 2 is 2.00 bits per heavy atom. The van der Waals surface area contributed by atoms with Crippen molar-refractivity contribution in [3.05, 3.63) is 40.6 Å². The monoisotopic (exact) mass is 280 g/mol. The second-order valence-corrected chi connectivity index (χ2v) is 4.47. The fourth-order valence-corrected chi connectivity index (χ4v) is 1.73. The Balaban J connectivity index is 2.40. The smallest absolute Gasteiger partial charge is 0.0812 e. The highest BCUT2D eigenvalue weighted by molar-refractivity contribution is 9.10. The van der Waals surface area contributed by atoms with Gasteiger partial charge in [-0.2, -0.15) is 0 Å². The lowest BCUT2D eigenvalue weighted by atomic mass is 10.2. The van der Waals surface area contributed by atoms with Gasteiger partial charge in [0.15, 0.2) is 0 Å². The standard InChI is InChI=1S/C11H13BrN4/c1-8(13-2)11-7-14-15-16(11)10-5-3-9(12)4-6-10/h3-8,13H,1-2H3. The molecule has 0 aliphatic carbocycles. The normalized spacial score (nSPS) is 12.7. The van der Waals surface area contributed by atoms with Crippen molar-refractivity contribution in [2.24, 2.45) is 0 Å². The molecule has 0 radical (unpaired) electrons. The van der Waals surface area contributed by atoms with Gasteiger partial charge in [0.1, 0.15) is 0 Å². The molecule has 84 valence electrons. The molecular formula is C11H13BrN4. The summed E-state index contributed by atoms with van der Waals surface area (Å²) in [4.78, 5) is 0. The van der Waals surface area contributed by atoms with Crippen molar-refractivity contribution < 1.29 is 0 Å². The Kier molecular flexibility index (Phi) is 3.36. The number of hydrogen-bond donors (Lipinski definition) is 1. The third-order valence-corrected chi connectivity index (χ3v) is 3.05. The average Bonchev–Trinajstić information content (AvgIpc) is 2.78. The van der Waals surface area contributed by atoms with Gasteiger partial charge in [-0.05, 0) is 38.2 Å². The number of aromatic nitrogens is 3. The number of nitrogens with zero attached hydrogens (tertiary/aromatic N) is 3. The number of nitrogens with one attached hydrogen (secondary N) is 1. The summed E-state index contributed by atoms with van der Waals surface area (Å²) in [5.74, 6) is 0. The summed E-state index contributed by atoms with van der Waals surface area (Å²) >= 11 is 3.41. The van der Waals surface area contributed by atoms with E-state index in [9.17, 15) is 0 Å². The molecule has 0 bridgehead atoms. The van der Waals surface area contributed by atoms with Crippen molar-refractivity contribution in [3.8, 4) is 5.69 Å². The maximum atomic E-state index is 4.10. The summed E-state index contributed by atoms with van der Waals surface area (Å²) in [6, 6.07) is 8.21. The minimum absolute atomic E-state index is 0.221. The Bertz CT molecular complexity index is 463. The molecule has 0 fully saturated rings. The third-order valence-electron chi connectivity index (χ3n) is 2.52. The van der Waals surface area contributed by atoms with Gasteiger partial charge in [0.25, 0.3) is 0 Å². The van der Waals surface area contributed by atoms with E-state index in [-0.39, 0.29) is 6.04 Å². The molecule has 0 saturated heterocycles. The van der Waals surface area contributed by atoms with E-state index in [0.717, 1.165) is 15.9 Å². The van der Waals surface area contributed by atoms with Crippen molar-refractivity contribution in [1.82, 2.24) is 20.3 Å². The molecule has 1 aromatic carbocycles. The van der Waals surface area contributed by atoms with Crippen LogP contribution in [0.25, 0.3) is 5.69 Å². The quantitative estimate of drug-likeness (QED) is 0.938. The topological polar surface area (TPSA) is 42.7 Å². The first-order valence-corrected chi connectivity index (χ1v) is 5.85. The molecule has 16 heavy (non-hydrogen) atoms. The van der Waals surface area contributed by atoms with Gasteiger partial charge >= 0.3 is 0 Å². The molecule has 0 amide bonds. The molecule has 2 aromatic rings. The number of halogens is 1. The van der Waals surface area contributed by atoms with Crippen LogP contribution in [-0.4, -0.2) is 22.0 Å². The van der Waals surface area contributed by atoms with Crippen LogP contribution in [0.2, 0.25) is 0 Å². The summed E-state index contributed by atoms with van der Waals surface area (Å²) in [6.07, 6.45) is 1.78. The lowest BCUT2D eigenvalue weighted by Crippen LogP contribution is -2.16. The van der Waals surface area contributed by atoms with Crippen LogP contribution in [0.4, 0.5) is 0 Å². The second kappa shape index (κ2) is 4.76. The second-order valence-electron chi connectivity index (χ2n) is 3.56. The van der Waals surface area contributed by atoms with Crippen LogP contribution in [-0.2, 0) is 0 Å². The SMILES string of the molecule is CNC(C)c1cnnn1-c1ccc(Br)cc1. The van der Waals surface area contributed by atoms with Gasteiger partial charge in [-0.25, -0.2) is 4.68 Å². The Hall–Kier alpha value is -1.20. The zero-order chi connectivity index (χ0) is 11.5. The highest BCUT2D eigenvalue weighted by Crippen LogP contribution is 2.17. The highest BCUT2D eigenvalue weighted by atomic mass is 79.9. The molecule has 1 unspecified atom stereocenters. The number of hydrogen-bond acceptors (Lipinski definition) is 3. The van der Waals surface area contributed by atoms with Crippen LogP contribution in [0.1, 0.15) is 18.7 Å². The minimum Gasteiger partial charge on any atom is -0.312 e. The summed E-state index contributed by atoms with van der Waals surface area (Å²) < 4.78 is 2.90. The van der Waals surface area contributed by atoms with Crippen LogP contribution in [0, 0.1) is 0 Å². The van der Waals surface area contributed by atoms with Gasteiger partial charge in [0.05, 0.1) is 17.6 Å². The summed E-state index contributed by atoms with van der Waals surface area (Å²) in [7, 11) is 1.92. The Morgan fingerprint density at radius 3 is 2.62 bits per heavy atom. The van der Waals surface area contributed by atoms with Crippen molar-refractivity contribution >= 4 is 15.9 Å². The van der Waals surface area contributed by atoms with Crippen molar-refractivity contribution in [2.45, 2.75) is 13.0 Å². The number of rotatable bonds is 3. The van der Waals surface area contributed by atoms with Gasteiger partial charge < -0.3 is 5.32 Å². The maximum absolute atomic E-state index is 4.10. The van der Waals surface area contributed by atoms with Gasteiger partial charge in [0, 0.05) is 10.5 Å². The molecule has 2 rings (SSSR count). The van der Waals surface area contributed by atoms with E-state index in [1.165, 1.54) is 0 Å². The highest BCUT2D eigenvalue weighted by Gasteiger charge is 2.11. The van der Waals surface area contributed by atoms with Crippen LogP contribution in [0.3, 0.4) is 0 Å². The Labute approximate surface area is 103 Å². The number of benzene rings is 1. The van der Waals surface area contributed by atoms with E-state index < -0.39 is 0 Å². The van der Waals surface area contributed by atoms with E-state index >= 15 is 0 Å². The lowest BCUT2D eigenvalue weighted by molar-refractivity contribution is 0.602. The van der Waals surface area contributed by atoms with E-state index in [0.29, 0.717) is 0 Å². The van der Waals surface area contributed by atoms with Gasteiger partial charge in [-0.3, -0.25) is 0 Å². The van der Waals surface area contributed by atoms with E-state index in [1.807, 2.05) is 36.0 Å². The van der Waals surface area contributed by atoms with Crippen LogP contribution in [0.15, 0.2) is 34.9 Å². The predicted molar refractivity (Wildman–Crippen MR) is 66.5 cm³/mol. The first-order chi connectivity index (χ1) is 7.72. The van der Waals surface area contributed by atoms with Crippen LogP contribution in [0.5, 0.6) is 0 Å². The Morgan fingerprint density at radius 1 is 1.31 bits per heavy atom. The molecule has 1 aromatic heterocycles. The molecule has 0 aliphatic rings. The zero-order valence-electron chi connectivity index (χ0n) is 9.18. The van der Waals surface area contributed by atoms with E-state index in [1.54, 1.807) is 6.20 Å². The van der Waals surface area contributed by atoms with E-state index in [4.69, 9.17) is 0 Å². The van der Waals surface area contributed by atoms with Crippen molar-refractivity contribution in [2.75, 3.05) is 7.05 Å². The van der Waals surface area contributed by atoms with Crippen molar-refractivity contribution in [3.63, 3.8) is 0 Å². The molecule has 0 saturated carbocycles. The van der Waals surface area contributed by atoms with E-state index in [2.05, 4.69) is 38.5 Å². The molecule has 0 aliphatic heterocycles. The summed E-state index contributed by atoms with van der Waals surface area (Å²) in [5, 5.41) is 11.2. The first kappa shape index (κ1) is 11.3. The van der Waals surface area contributed by atoms with Gasteiger partial charge in [-0.15, -0.1) is 5.10 Å². The molecule has 5 heteroatoms. The van der Waals surface area contributed by atoms with Crippen LogP contribution < -0.4 is 5.32 Å². The molecule has 0 spiro atoms. The van der Waals surface area contributed by atoms with Crippen LogP contribution >= 0.6 is 15.9 Å². The fourth-order valence-electron chi connectivity index (χ4n) is 1.47. The maximum Gasteiger partial charge on any atom is 0.0812 e.